The summed E-state index contributed by atoms with van der Waals surface area (Å²) in [6.45, 7) is 0. The van der Waals surface area contributed by atoms with Crippen LogP contribution >= 0.6 is 35.0 Å². The van der Waals surface area contributed by atoms with Crippen LogP contribution in [0.1, 0.15) is 11.1 Å². The smallest absolute Gasteiger partial charge is 0.324 e. The van der Waals surface area contributed by atoms with Crippen molar-refractivity contribution < 1.29 is 18.0 Å². The predicted octanol–water partition coefficient (Wildman–Crippen LogP) is 5.71. The van der Waals surface area contributed by atoms with Gasteiger partial charge in [-0.2, -0.15) is 13.2 Å². The van der Waals surface area contributed by atoms with Gasteiger partial charge in [0.1, 0.15) is 6.04 Å². The van der Waals surface area contributed by atoms with Crippen molar-refractivity contribution in [1.29, 1.82) is 0 Å². The van der Waals surface area contributed by atoms with Gasteiger partial charge in [-0.15, -0.1) is 11.8 Å². The van der Waals surface area contributed by atoms with Gasteiger partial charge in [0, 0.05) is 27.9 Å². The van der Waals surface area contributed by atoms with Gasteiger partial charge in [-0.05, 0) is 42.0 Å². The van der Waals surface area contributed by atoms with Crippen LogP contribution in [0, 0.1) is 0 Å². The molecule has 1 amide bonds. The molecule has 1 aliphatic rings. The number of benzene rings is 2. The van der Waals surface area contributed by atoms with Crippen LogP contribution in [0.5, 0.6) is 0 Å². The zero-order valence-corrected chi connectivity index (χ0v) is 16.0. The summed E-state index contributed by atoms with van der Waals surface area (Å²) in [6.07, 6.45) is -3.99. The molecule has 142 valence electrons. The molecule has 1 unspecified atom stereocenters. The van der Waals surface area contributed by atoms with E-state index in [2.05, 4.69) is 10.3 Å². The maximum absolute atomic E-state index is 12.6. The largest absolute Gasteiger partial charge is 0.416 e. The SMILES string of the molecule is O=C(Nc1ccc(C(F)(F)F)cc1)C1CSC(Cc2c(Cl)cccc2Cl)=N1. The van der Waals surface area contributed by atoms with Crippen LogP contribution in [0.4, 0.5) is 18.9 Å². The van der Waals surface area contributed by atoms with Crippen molar-refractivity contribution in [2.24, 2.45) is 4.99 Å². The zero-order chi connectivity index (χ0) is 19.6. The van der Waals surface area contributed by atoms with Gasteiger partial charge in [-0.3, -0.25) is 9.79 Å². The van der Waals surface area contributed by atoms with Crippen LogP contribution in [0.25, 0.3) is 0 Å². The summed E-state index contributed by atoms with van der Waals surface area (Å²) in [5.74, 6) is 0.0756. The summed E-state index contributed by atoms with van der Waals surface area (Å²) in [5, 5.41) is 4.39. The van der Waals surface area contributed by atoms with Gasteiger partial charge < -0.3 is 5.32 Å². The predicted molar refractivity (Wildman–Crippen MR) is 104 cm³/mol. The van der Waals surface area contributed by atoms with Crippen molar-refractivity contribution in [3.05, 3.63) is 63.6 Å². The van der Waals surface area contributed by atoms with Gasteiger partial charge in [0.25, 0.3) is 0 Å². The van der Waals surface area contributed by atoms with E-state index in [0.29, 0.717) is 22.2 Å². The molecule has 27 heavy (non-hydrogen) atoms. The van der Waals surface area contributed by atoms with E-state index in [9.17, 15) is 18.0 Å². The molecule has 1 atom stereocenters. The van der Waals surface area contributed by atoms with Gasteiger partial charge >= 0.3 is 6.18 Å². The molecule has 9 heteroatoms. The lowest BCUT2D eigenvalue weighted by Gasteiger charge is -2.10. The molecule has 0 aliphatic carbocycles. The Morgan fingerprint density at radius 1 is 1.15 bits per heavy atom. The summed E-state index contributed by atoms with van der Waals surface area (Å²) in [4.78, 5) is 16.7. The first-order chi connectivity index (χ1) is 12.7. The minimum absolute atomic E-state index is 0.288. The molecule has 1 heterocycles. The van der Waals surface area contributed by atoms with Gasteiger partial charge in [-0.1, -0.05) is 29.3 Å². The van der Waals surface area contributed by atoms with Gasteiger partial charge in [0.2, 0.25) is 5.91 Å². The van der Waals surface area contributed by atoms with Crippen molar-refractivity contribution in [3.63, 3.8) is 0 Å². The summed E-state index contributed by atoms with van der Waals surface area (Å²) >= 11 is 13.7. The topological polar surface area (TPSA) is 41.5 Å². The minimum Gasteiger partial charge on any atom is -0.324 e. The molecular weight excluding hydrogens is 420 g/mol. The number of anilines is 1. The third-order valence-corrected chi connectivity index (χ3v) is 5.65. The molecule has 0 radical (unpaired) electrons. The Morgan fingerprint density at radius 2 is 1.78 bits per heavy atom. The van der Waals surface area contributed by atoms with Crippen molar-refractivity contribution in [3.8, 4) is 0 Å². The van der Waals surface area contributed by atoms with Crippen LogP contribution in [0.2, 0.25) is 10.0 Å². The summed E-state index contributed by atoms with van der Waals surface area (Å²) in [5.41, 5.74) is 0.264. The average molecular weight is 433 g/mol. The van der Waals surface area contributed by atoms with E-state index in [-0.39, 0.29) is 11.6 Å². The molecule has 2 aromatic carbocycles. The first-order valence-corrected chi connectivity index (χ1v) is 9.58. The molecule has 3 nitrogen and oxygen atoms in total. The Kier molecular flexibility index (Phi) is 6.03. The fourth-order valence-corrected chi connectivity index (χ4v) is 4.03. The van der Waals surface area contributed by atoms with Crippen LogP contribution in [-0.2, 0) is 17.4 Å². The number of hydrogen-bond acceptors (Lipinski definition) is 3. The highest BCUT2D eigenvalue weighted by Crippen LogP contribution is 2.31. The molecule has 1 N–H and O–H groups in total. The van der Waals surface area contributed by atoms with Gasteiger partial charge in [0.15, 0.2) is 0 Å². The quantitative estimate of drug-likeness (QED) is 0.672. The van der Waals surface area contributed by atoms with Gasteiger partial charge in [-0.25, -0.2) is 0 Å². The van der Waals surface area contributed by atoms with E-state index in [4.69, 9.17) is 23.2 Å². The molecule has 0 fully saturated rings. The maximum atomic E-state index is 12.6. The number of aliphatic imine (C=N–C) groups is 1. The Morgan fingerprint density at radius 3 is 2.37 bits per heavy atom. The summed E-state index contributed by atoms with van der Waals surface area (Å²) in [6, 6.07) is 8.88. The second kappa shape index (κ2) is 8.12. The molecule has 0 aromatic heterocycles. The Balaban J connectivity index is 1.65. The highest BCUT2D eigenvalue weighted by Gasteiger charge is 2.30. The number of carbonyl (C=O) groups excluding carboxylic acids is 1. The van der Waals surface area contributed by atoms with Crippen molar-refractivity contribution in [2.75, 3.05) is 11.1 Å². The van der Waals surface area contributed by atoms with Crippen LogP contribution in [0.3, 0.4) is 0 Å². The van der Waals surface area contributed by atoms with Gasteiger partial charge in [0.05, 0.1) is 10.6 Å². The Hall–Kier alpha value is -1.70. The third kappa shape index (κ3) is 4.97. The summed E-state index contributed by atoms with van der Waals surface area (Å²) < 4.78 is 37.7. The number of thioether (sulfide) groups is 1. The van der Waals surface area contributed by atoms with Crippen LogP contribution in [0.15, 0.2) is 47.5 Å². The monoisotopic (exact) mass is 432 g/mol. The molecule has 3 rings (SSSR count). The molecular formula is C18H13Cl2F3N2OS. The third-order valence-electron chi connectivity index (χ3n) is 3.88. The Bertz CT molecular complexity index is 865. The van der Waals surface area contributed by atoms with Crippen molar-refractivity contribution in [1.82, 2.24) is 0 Å². The second-order valence-corrected chi connectivity index (χ2v) is 7.70. The normalized spacial score (nSPS) is 16.9. The number of hydrogen-bond donors (Lipinski definition) is 1. The van der Waals surface area contributed by atoms with E-state index in [1.165, 1.54) is 23.9 Å². The second-order valence-electron chi connectivity index (χ2n) is 5.79. The standard InChI is InChI=1S/C18H13Cl2F3N2OS/c19-13-2-1-3-14(20)12(13)8-16-25-15(9-27-16)17(26)24-11-6-4-10(5-7-11)18(21,22)23/h1-7,15H,8-9H2,(H,24,26). The molecule has 2 aromatic rings. The van der Waals surface area contributed by atoms with Crippen molar-refractivity contribution >= 4 is 51.6 Å². The molecule has 0 saturated carbocycles. The lowest BCUT2D eigenvalue weighted by atomic mass is 10.1. The zero-order valence-electron chi connectivity index (χ0n) is 13.7. The molecule has 1 aliphatic heterocycles. The van der Waals surface area contributed by atoms with E-state index >= 15 is 0 Å². The number of nitrogens with zero attached hydrogens (tertiary/aromatic N) is 1. The number of amides is 1. The van der Waals surface area contributed by atoms with E-state index in [1.807, 2.05) is 0 Å². The van der Waals surface area contributed by atoms with E-state index < -0.39 is 17.8 Å². The number of rotatable bonds is 4. The van der Waals surface area contributed by atoms with Crippen LogP contribution < -0.4 is 5.32 Å². The fourth-order valence-electron chi connectivity index (χ4n) is 2.48. The highest BCUT2D eigenvalue weighted by molar-refractivity contribution is 8.14. The van der Waals surface area contributed by atoms with Crippen LogP contribution in [-0.4, -0.2) is 22.7 Å². The number of nitrogens with one attached hydrogen (secondary N) is 1. The first kappa shape index (κ1) is 20.0. The minimum atomic E-state index is -4.41. The number of halogens is 5. The average Bonchev–Trinajstić information content (AvgIpc) is 3.07. The molecule has 0 bridgehead atoms. The molecule has 0 saturated heterocycles. The number of carbonyl (C=O) groups is 1. The fraction of sp³-hybridized carbons (Fsp3) is 0.222. The first-order valence-electron chi connectivity index (χ1n) is 7.84. The molecule has 0 spiro atoms. The lowest BCUT2D eigenvalue weighted by Crippen LogP contribution is -2.26. The number of alkyl halides is 3. The lowest BCUT2D eigenvalue weighted by molar-refractivity contribution is -0.137. The highest BCUT2D eigenvalue weighted by atomic mass is 35.5. The van der Waals surface area contributed by atoms with E-state index in [0.717, 1.165) is 22.7 Å². The summed E-state index contributed by atoms with van der Waals surface area (Å²) in [7, 11) is 0. The Labute approximate surface area is 168 Å². The van der Waals surface area contributed by atoms with E-state index in [1.54, 1.807) is 18.2 Å². The van der Waals surface area contributed by atoms with Crippen molar-refractivity contribution in [2.45, 2.75) is 18.6 Å². The maximum Gasteiger partial charge on any atom is 0.416 e.